The van der Waals surface area contributed by atoms with Gasteiger partial charge in [0, 0.05) is 29.6 Å². The molecule has 0 aliphatic carbocycles. The van der Waals surface area contributed by atoms with Crippen LogP contribution in [0.25, 0.3) is 0 Å². The maximum atomic E-state index is 13.2. The molecule has 31 heavy (non-hydrogen) atoms. The number of nitrogens with zero attached hydrogens (tertiary/aromatic N) is 2. The molecule has 2 atom stereocenters. The smallest absolute Gasteiger partial charge is 0.203 e. The Hall–Kier alpha value is -2.97. The number of benzene rings is 2. The number of carbonyl (C=O) groups is 1. The lowest BCUT2D eigenvalue weighted by molar-refractivity contribution is 0.0957. The lowest BCUT2D eigenvalue weighted by atomic mass is 9.95. The van der Waals surface area contributed by atoms with Crippen LogP contribution in [0, 0.1) is 0 Å². The minimum absolute atomic E-state index is 0.0758. The zero-order chi connectivity index (χ0) is 22.2. The summed E-state index contributed by atoms with van der Waals surface area (Å²) in [6.07, 6.45) is 2.18. The van der Waals surface area contributed by atoms with Crippen molar-refractivity contribution in [2.24, 2.45) is 5.73 Å². The number of hydrogen-bond acceptors (Lipinski definition) is 8. The van der Waals surface area contributed by atoms with Crippen molar-refractivity contribution in [2.45, 2.75) is 38.3 Å². The van der Waals surface area contributed by atoms with Gasteiger partial charge in [0.2, 0.25) is 5.13 Å². The van der Waals surface area contributed by atoms with Gasteiger partial charge in [0.1, 0.15) is 23.4 Å². The number of methoxy groups -OCH3 is 2. The lowest BCUT2D eigenvalue weighted by Gasteiger charge is -2.23. The molecular weight excluding hydrogens is 412 g/mol. The van der Waals surface area contributed by atoms with Gasteiger partial charge < -0.3 is 20.5 Å². The van der Waals surface area contributed by atoms with E-state index < -0.39 is 6.04 Å². The van der Waals surface area contributed by atoms with Gasteiger partial charge in [0.15, 0.2) is 5.78 Å². The largest absolute Gasteiger partial charge is 0.497 e. The SMILES string of the molecule is CCCC(N)C(Nc1nc(Cc2cccc(OC)c2)ns1)C(=O)c1ccc(OC)cc1. The summed E-state index contributed by atoms with van der Waals surface area (Å²) in [6.45, 7) is 2.05. The summed E-state index contributed by atoms with van der Waals surface area (Å²) in [6, 6.07) is 13.9. The number of nitrogens with one attached hydrogen (secondary N) is 1. The summed E-state index contributed by atoms with van der Waals surface area (Å²) in [5, 5.41) is 3.81. The molecule has 2 unspecified atom stereocenters. The maximum Gasteiger partial charge on any atom is 0.203 e. The van der Waals surface area contributed by atoms with Crippen LogP contribution in [-0.4, -0.2) is 41.4 Å². The molecule has 3 aromatic rings. The first-order valence-corrected chi connectivity index (χ1v) is 11.0. The van der Waals surface area contributed by atoms with Gasteiger partial charge in [-0.1, -0.05) is 25.5 Å². The van der Waals surface area contributed by atoms with E-state index in [1.165, 1.54) is 11.5 Å². The summed E-state index contributed by atoms with van der Waals surface area (Å²) in [4.78, 5) is 17.8. The van der Waals surface area contributed by atoms with Crippen molar-refractivity contribution in [3.8, 4) is 11.5 Å². The number of Topliss-reactive ketones (excluding diaryl/α,β-unsaturated/α-hetero) is 1. The van der Waals surface area contributed by atoms with E-state index >= 15 is 0 Å². The second-order valence-corrected chi connectivity index (χ2v) is 7.96. The van der Waals surface area contributed by atoms with E-state index in [9.17, 15) is 4.79 Å². The first-order valence-electron chi connectivity index (χ1n) is 10.2. The fourth-order valence-electron chi connectivity index (χ4n) is 3.28. The van der Waals surface area contributed by atoms with E-state index in [1.54, 1.807) is 38.5 Å². The molecule has 0 saturated carbocycles. The average Bonchev–Trinajstić information content (AvgIpc) is 3.24. The molecule has 0 fully saturated rings. The molecular formula is C23H28N4O3S. The van der Waals surface area contributed by atoms with Gasteiger partial charge in [-0.3, -0.25) is 4.79 Å². The second kappa shape index (κ2) is 10.9. The van der Waals surface area contributed by atoms with Crippen LogP contribution in [0.2, 0.25) is 0 Å². The Morgan fingerprint density at radius 1 is 1.13 bits per heavy atom. The summed E-state index contributed by atoms with van der Waals surface area (Å²) in [5.74, 6) is 2.10. The van der Waals surface area contributed by atoms with Crippen molar-refractivity contribution < 1.29 is 14.3 Å². The minimum atomic E-state index is -0.592. The third kappa shape index (κ3) is 6.02. The molecule has 0 saturated heterocycles. The fourth-order valence-corrected chi connectivity index (χ4v) is 3.91. The number of hydrogen-bond donors (Lipinski definition) is 2. The fraction of sp³-hybridized carbons (Fsp3) is 0.348. The van der Waals surface area contributed by atoms with E-state index in [2.05, 4.69) is 14.7 Å². The maximum absolute atomic E-state index is 13.2. The second-order valence-electron chi connectivity index (χ2n) is 7.21. The number of rotatable bonds is 11. The van der Waals surface area contributed by atoms with Crippen molar-refractivity contribution in [1.29, 1.82) is 0 Å². The van der Waals surface area contributed by atoms with Crippen molar-refractivity contribution in [1.82, 2.24) is 9.36 Å². The van der Waals surface area contributed by atoms with Crippen molar-refractivity contribution in [2.75, 3.05) is 19.5 Å². The summed E-state index contributed by atoms with van der Waals surface area (Å²) in [7, 11) is 3.23. The first-order chi connectivity index (χ1) is 15.0. The Morgan fingerprint density at radius 2 is 1.87 bits per heavy atom. The third-order valence-corrected chi connectivity index (χ3v) is 5.63. The molecule has 0 bridgehead atoms. The van der Waals surface area contributed by atoms with Crippen LogP contribution in [0.5, 0.6) is 11.5 Å². The number of anilines is 1. The normalized spacial score (nSPS) is 12.8. The molecule has 2 aromatic carbocycles. The Balaban J connectivity index is 1.75. The molecule has 1 aromatic heterocycles. The molecule has 3 rings (SSSR count). The predicted molar refractivity (Wildman–Crippen MR) is 123 cm³/mol. The van der Waals surface area contributed by atoms with E-state index in [4.69, 9.17) is 15.2 Å². The van der Waals surface area contributed by atoms with Crippen LogP contribution < -0.4 is 20.5 Å². The van der Waals surface area contributed by atoms with Crippen LogP contribution in [0.4, 0.5) is 5.13 Å². The lowest BCUT2D eigenvalue weighted by Crippen LogP contribution is -2.46. The standard InChI is InChI=1S/C23H28N4O3S/c1-4-6-19(24)21(22(28)16-9-11-17(29-2)12-10-16)26-23-25-20(27-31-23)14-15-7-5-8-18(13-15)30-3/h5,7-13,19,21H,4,6,14,24H2,1-3H3,(H,25,26,27). The Labute approximate surface area is 186 Å². The van der Waals surface area contributed by atoms with E-state index in [1.807, 2.05) is 31.2 Å². The van der Waals surface area contributed by atoms with Gasteiger partial charge in [-0.05, 0) is 48.4 Å². The van der Waals surface area contributed by atoms with Gasteiger partial charge in [-0.15, -0.1) is 0 Å². The summed E-state index contributed by atoms with van der Waals surface area (Å²) in [5.41, 5.74) is 8.00. The highest BCUT2D eigenvalue weighted by Gasteiger charge is 2.27. The molecule has 0 spiro atoms. The van der Waals surface area contributed by atoms with Crippen molar-refractivity contribution >= 4 is 22.4 Å². The number of ether oxygens (including phenoxy) is 2. The van der Waals surface area contributed by atoms with E-state index in [0.29, 0.717) is 28.7 Å². The van der Waals surface area contributed by atoms with Gasteiger partial charge in [-0.2, -0.15) is 4.37 Å². The van der Waals surface area contributed by atoms with Crippen LogP contribution in [0.1, 0.15) is 41.5 Å². The van der Waals surface area contributed by atoms with Crippen molar-refractivity contribution in [3.05, 3.63) is 65.5 Å². The summed E-state index contributed by atoms with van der Waals surface area (Å²) < 4.78 is 14.9. The Kier molecular flexibility index (Phi) is 7.97. The molecule has 164 valence electrons. The van der Waals surface area contributed by atoms with E-state index in [-0.39, 0.29) is 11.8 Å². The molecule has 3 N–H and O–H groups in total. The molecule has 8 heteroatoms. The minimum Gasteiger partial charge on any atom is -0.497 e. The molecule has 1 heterocycles. The number of nitrogens with two attached hydrogens (primary N) is 1. The number of carbonyl (C=O) groups excluding carboxylic acids is 1. The molecule has 0 radical (unpaired) electrons. The molecule has 7 nitrogen and oxygen atoms in total. The molecule has 0 aliphatic rings. The monoisotopic (exact) mass is 440 g/mol. The summed E-state index contributed by atoms with van der Waals surface area (Å²) >= 11 is 1.23. The van der Waals surface area contributed by atoms with Crippen LogP contribution in [-0.2, 0) is 6.42 Å². The van der Waals surface area contributed by atoms with E-state index in [0.717, 1.165) is 24.2 Å². The third-order valence-electron chi connectivity index (χ3n) is 4.95. The molecule has 0 amide bonds. The highest BCUT2D eigenvalue weighted by atomic mass is 32.1. The number of aromatic nitrogens is 2. The van der Waals surface area contributed by atoms with Gasteiger partial charge in [0.05, 0.1) is 14.2 Å². The average molecular weight is 441 g/mol. The zero-order valence-electron chi connectivity index (χ0n) is 18.0. The zero-order valence-corrected chi connectivity index (χ0v) is 18.8. The van der Waals surface area contributed by atoms with Gasteiger partial charge >= 0.3 is 0 Å². The topological polar surface area (TPSA) is 99.4 Å². The van der Waals surface area contributed by atoms with Gasteiger partial charge in [-0.25, -0.2) is 4.98 Å². The quantitative estimate of drug-likeness (QED) is 0.436. The predicted octanol–water partition coefficient (Wildman–Crippen LogP) is 3.94. The highest BCUT2D eigenvalue weighted by molar-refractivity contribution is 7.09. The number of ketones is 1. The first kappa shape index (κ1) is 22.7. The molecule has 0 aliphatic heterocycles. The van der Waals surface area contributed by atoms with Crippen LogP contribution >= 0.6 is 11.5 Å². The Morgan fingerprint density at radius 3 is 2.55 bits per heavy atom. The van der Waals surface area contributed by atoms with Crippen molar-refractivity contribution in [3.63, 3.8) is 0 Å². The highest BCUT2D eigenvalue weighted by Crippen LogP contribution is 2.21. The van der Waals surface area contributed by atoms with Crippen LogP contribution in [0.15, 0.2) is 48.5 Å². The Bertz CT molecular complexity index is 990. The van der Waals surface area contributed by atoms with Gasteiger partial charge in [0.25, 0.3) is 0 Å². The van der Waals surface area contributed by atoms with Crippen LogP contribution in [0.3, 0.4) is 0 Å².